The molecule has 0 nitrogen and oxygen atoms in total. The number of aryl methyl sites for hydroxylation is 1. The molecule has 0 radical (unpaired) electrons. The van der Waals surface area contributed by atoms with Crippen LogP contribution < -0.4 is 0 Å². The molecular formula is C17H14BrF3S. The van der Waals surface area contributed by atoms with Crippen LogP contribution in [-0.4, -0.2) is 11.5 Å². The van der Waals surface area contributed by atoms with Gasteiger partial charge in [-0.2, -0.15) is 13.2 Å². The summed E-state index contributed by atoms with van der Waals surface area (Å²) in [4.78, 5) is 1.04. The van der Waals surface area contributed by atoms with Crippen molar-refractivity contribution in [2.75, 3.05) is 5.33 Å². The van der Waals surface area contributed by atoms with E-state index in [1.165, 1.54) is 6.07 Å². The van der Waals surface area contributed by atoms with Gasteiger partial charge in [-0.3, -0.25) is 0 Å². The second-order valence-corrected chi connectivity index (χ2v) is 6.44. The van der Waals surface area contributed by atoms with Gasteiger partial charge in [-0.1, -0.05) is 75.7 Å². The lowest BCUT2D eigenvalue weighted by Crippen LogP contribution is -2.13. The maximum Gasteiger partial charge on any atom is 0.417 e. The van der Waals surface area contributed by atoms with Crippen molar-refractivity contribution >= 4 is 33.3 Å². The quantitative estimate of drug-likeness (QED) is 0.429. The Hall–Kier alpha value is -1.20. The van der Waals surface area contributed by atoms with E-state index in [1.807, 2.05) is 18.2 Å². The van der Waals surface area contributed by atoms with Crippen LogP contribution >= 0.6 is 27.7 Å². The van der Waals surface area contributed by atoms with Gasteiger partial charge < -0.3 is 0 Å². The van der Waals surface area contributed by atoms with Crippen molar-refractivity contribution in [3.8, 4) is 0 Å². The molecule has 0 aliphatic carbocycles. The van der Waals surface area contributed by atoms with Crippen LogP contribution in [0.4, 0.5) is 13.2 Å². The highest BCUT2D eigenvalue weighted by Crippen LogP contribution is 2.42. The highest BCUT2D eigenvalue weighted by Gasteiger charge is 2.37. The van der Waals surface area contributed by atoms with Crippen LogP contribution in [0.15, 0.2) is 64.4 Å². The minimum Gasteiger partial charge on any atom is -0.166 e. The van der Waals surface area contributed by atoms with Gasteiger partial charge in [-0.05, 0) is 24.6 Å². The predicted octanol–water partition coefficient (Wildman–Crippen LogP) is 6.46. The van der Waals surface area contributed by atoms with Crippen molar-refractivity contribution in [2.45, 2.75) is 18.0 Å². The third kappa shape index (κ3) is 4.40. The molecule has 0 amide bonds. The van der Waals surface area contributed by atoms with E-state index in [1.54, 1.807) is 37.3 Å². The highest BCUT2D eigenvalue weighted by atomic mass is 79.9. The largest absolute Gasteiger partial charge is 0.417 e. The SMILES string of the molecule is Cc1cccc(/C(=C(/CBr)Sc2ccccc2)C(F)(F)F)c1. The molecule has 116 valence electrons. The molecule has 5 heteroatoms. The summed E-state index contributed by atoms with van der Waals surface area (Å²) in [5.41, 5.74) is 0.421. The molecule has 0 aliphatic rings. The van der Waals surface area contributed by atoms with E-state index in [2.05, 4.69) is 15.9 Å². The average molecular weight is 387 g/mol. The second kappa shape index (κ2) is 7.38. The molecule has 0 aliphatic heterocycles. The zero-order valence-corrected chi connectivity index (χ0v) is 14.2. The number of alkyl halides is 4. The van der Waals surface area contributed by atoms with E-state index < -0.39 is 11.7 Å². The van der Waals surface area contributed by atoms with Crippen LogP contribution in [0.1, 0.15) is 11.1 Å². The molecule has 2 rings (SSSR count). The molecule has 0 unspecified atom stereocenters. The number of hydrogen-bond acceptors (Lipinski definition) is 1. The van der Waals surface area contributed by atoms with Crippen LogP contribution in [0, 0.1) is 6.92 Å². The fourth-order valence-electron chi connectivity index (χ4n) is 2.06. The summed E-state index contributed by atoms with van der Waals surface area (Å²) in [6.45, 7) is 1.79. The van der Waals surface area contributed by atoms with Gasteiger partial charge in [-0.15, -0.1) is 0 Å². The fourth-order valence-corrected chi connectivity index (χ4v) is 3.65. The van der Waals surface area contributed by atoms with Crippen molar-refractivity contribution in [1.29, 1.82) is 0 Å². The summed E-state index contributed by atoms with van der Waals surface area (Å²) in [6.07, 6.45) is -4.40. The first-order valence-corrected chi connectivity index (χ1v) is 8.52. The van der Waals surface area contributed by atoms with E-state index in [0.717, 1.165) is 22.2 Å². The second-order valence-electron chi connectivity index (χ2n) is 4.71. The summed E-state index contributed by atoms with van der Waals surface area (Å²) < 4.78 is 40.8. The molecule has 0 spiro atoms. The lowest BCUT2D eigenvalue weighted by Gasteiger charge is -2.17. The first-order chi connectivity index (χ1) is 10.4. The smallest absolute Gasteiger partial charge is 0.166 e. The van der Waals surface area contributed by atoms with Crippen LogP contribution in [0.25, 0.3) is 5.57 Å². The molecule has 0 bridgehead atoms. The highest BCUT2D eigenvalue weighted by molar-refractivity contribution is 9.09. The van der Waals surface area contributed by atoms with Crippen molar-refractivity contribution in [2.24, 2.45) is 0 Å². The molecule has 2 aromatic carbocycles. The molecule has 0 aromatic heterocycles. The molecule has 0 fully saturated rings. The molecule has 0 atom stereocenters. The Balaban J connectivity index is 2.53. The summed E-state index contributed by atoms with van der Waals surface area (Å²) >= 11 is 4.34. The van der Waals surface area contributed by atoms with Crippen molar-refractivity contribution in [3.63, 3.8) is 0 Å². The Labute approximate surface area is 140 Å². The van der Waals surface area contributed by atoms with E-state index in [4.69, 9.17) is 0 Å². The van der Waals surface area contributed by atoms with Crippen molar-refractivity contribution in [1.82, 2.24) is 0 Å². The Morgan fingerprint density at radius 2 is 1.73 bits per heavy atom. The summed E-state index contributed by atoms with van der Waals surface area (Å²) in [7, 11) is 0. The first-order valence-electron chi connectivity index (χ1n) is 6.58. The number of halogens is 4. The third-order valence-corrected chi connectivity index (χ3v) is 5.01. The number of rotatable bonds is 4. The van der Waals surface area contributed by atoms with E-state index in [0.29, 0.717) is 0 Å². The number of hydrogen-bond donors (Lipinski definition) is 0. The average Bonchev–Trinajstić information content (AvgIpc) is 2.46. The molecular weight excluding hydrogens is 373 g/mol. The van der Waals surface area contributed by atoms with Gasteiger partial charge in [0.05, 0.1) is 5.57 Å². The maximum atomic E-state index is 13.6. The van der Waals surface area contributed by atoms with E-state index in [9.17, 15) is 13.2 Å². The Morgan fingerprint density at radius 3 is 2.27 bits per heavy atom. The Bertz CT molecular complexity index is 663. The molecule has 0 saturated heterocycles. The topological polar surface area (TPSA) is 0 Å². The van der Waals surface area contributed by atoms with Gasteiger partial charge in [-0.25, -0.2) is 0 Å². The number of benzene rings is 2. The number of allylic oxidation sites excluding steroid dienone is 2. The minimum atomic E-state index is -4.40. The fraction of sp³-hybridized carbons (Fsp3) is 0.176. The molecule has 0 N–H and O–H groups in total. The predicted molar refractivity (Wildman–Crippen MR) is 90.2 cm³/mol. The lowest BCUT2D eigenvalue weighted by atomic mass is 10.0. The van der Waals surface area contributed by atoms with Crippen LogP contribution in [0.5, 0.6) is 0 Å². The van der Waals surface area contributed by atoms with Crippen LogP contribution in [0.2, 0.25) is 0 Å². The molecule has 22 heavy (non-hydrogen) atoms. The zero-order chi connectivity index (χ0) is 16.2. The monoisotopic (exact) mass is 386 g/mol. The molecule has 2 aromatic rings. The molecule has 0 heterocycles. The minimum absolute atomic E-state index is 0.148. The Kier molecular flexibility index (Phi) is 5.75. The van der Waals surface area contributed by atoms with Crippen LogP contribution in [-0.2, 0) is 0 Å². The number of thioether (sulfide) groups is 1. The maximum absolute atomic E-state index is 13.6. The standard InChI is InChI=1S/C17H14BrF3S/c1-12-6-5-7-13(10-12)16(17(19,20)21)15(11-18)22-14-8-3-2-4-9-14/h2-10H,11H2,1H3/b16-15+. The van der Waals surface area contributed by atoms with Gasteiger partial charge >= 0.3 is 6.18 Å². The summed E-state index contributed by atoms with van der Waals surface area (Å²) in [6, 6.07) is 15.6. The van der Waals surface area contributed by atoms with Gasteiger partial charge in [0.15, 0.2) is 0 Å². The zero-order valence-electron chi connectivity index (χ0n) is 11.8. The lowest BCUT2D eigenvalue weighted by molar-refractivity contribution is -0.0691. The molecule has 0 saturated carbocycles. The van der Waals surface area contributed by atoms with Gasteiger partial charge in [0.25, 0.3) is 0 Å². The van der Waals surface area contributed by atoms with Crippen molar-refractivity contribution in [3.05, 3.63) is 70.6 Å². The third-order valence-electron chi connectivity index (χ3n) is 2.97. The normalized spacial score (nSPS) is 13.0. The summed E-state index contributed by atoms with van der Waals surface area (Å²) in [5, 5.41) is 0.148. The van der Waals surface area contributed by atoms with E-state index >= 15 is 0 Å². The van der Waals surface area contributed by atoms with Crippen molar-refractivity contribution < 1.29 is 13.2 Å². The van der Waals surface area contributed by atoms with Gasteiger partial charge in [0.2, 0.25) is 0 Å². The van der Waals surface area contributed by atoms with E-state index in [-0.39, 0.29) is 15.8 Å². The first kappa shape index (κ1) is 17.2. The van der Waals surface area contributed by atoms with Crippen LogP contribution in [0.3, 0.4) is 0 Å². The van der Waals surface area contributed by atoms with Gasteiger partial charge in [0, 0.05) is 15.1 Å². The Morgan fingerprint density at radius 1 is 1.05 bits per heavy atom. The van der Waals surface area contributed by atoms with Gasteiger partial charge in [0.1, 0.15) is 0 Å². The summed E-state index contributed by atoms with van der Waals surface area (Å²) in [5.74, 6) is 0.